The molecule has 0 nitrogen and oxygen atoms in total. The Morgan fingerprint density at radius 3 is 1.00 bits per heavy atom. The molecule has 166 valence electrons. The van der Waals surface area contributed by atoms with Gasteiger partial charge in [0.15, 0.2) is 0 Å². The van der Waals surface area contributed by atoms with E-state index in [1.807, 2.05) is 6.08 Å². The Balaban J connectivity index is 3.05. The van der Waals surface area contributed by atoms with Crippen molar-refractivity contribution in [1.29, 1.82) is 0 Å². The molecule has 0 aliphatic carbocycles. The molecule has 0 rings (SSSR count). The van der Waals surface area contributed by atoms with Gasteiger partial charge in [-0.25, -0.2) is 0 Å². The third-order valence-electron chi connectivity index (χ3n) is 5.92. The molecule has 0 bridgehead atoms. The summed E-state index contributed by atoms with van der Waals surface area (Å²) in [6.45, 7) is 6.08. The normalized spacial score (nSPS) is 11.5. The highest BCUT2D eigenvalue weighted by molar-refractivity contribution is 4.81. The zero-order chi connectivity index (χ0) is 20.4. The van der Waals surface area contributed by atoms with Crippen molar-refractivity contribution in [2.45, 2.75) is 155 Å². The molecule has 0 fully saturated rings. The smallest absolute Gasteiger partial charge is 0.0351 e. The molecule has 0 unspecified atom stereocenters. The molecule has 0 heteroatoms. The lowest BCUT2D eigenvalue weighted by Crippen LogP contribution is -1.83. The quantitative estimate of drug-likeness (QED) is 0.113. The fraction of sp³-hybridized carbons (Fsp3) is 0.857. The first-order valence-electron chi connectivity index (χ1n) is 13.2. The second-order valence-electron chi connectivity index (χ2n) is 8.84. The van der Waals surface area contributed by atoms with E-state index in [4.69, 9.17) is 0 Å². The molecule has 0 aliphatic heterocycles. The molecule has 0 amide bonds. The summed E-state index contributed by atoms with van der Waals surface area (Å²) in [4.78, 5) is 0. The minimum Gasteiger partial charge on any atom is -0.103 e. The van der Waals surface area contributed by atoms with Crippen molar-refractivity contribution in [1.82, 2.24) is 0 Å². The van der Waals surface area contributed by atoms with Crippen molar-refractivity contribution < 1.29 is 0 Å². The average Bonchev–Trinajstić information content (AvgIpc) is 2.71. The van der Waals surface area contributed by atoms with Gasteiger partial charge in [-0.05, 0) is 38.5 Å². The van der Waals surface area contributed by atoms with E-state index >= 15 is 0 Å². The van der Waals surface area contributed by atoms with E-state index in [-0.39, 0.29) is 0 Å². The molecule has 0 saturated heterocycles. The molecule has 28 heavy (non-hydrogen) atoms. The Bertz CT molecular complexity index is 301. The van der Waals surface area contributed by atoms with Crippen LogP contribution in [0.25, 0.3) is 0 Å². The number of hydrogen-bond acceptors (Lipinski definition) is 0. The molecule has 0 aromatic heterocycles. The first kappa shape index (κ1) is 27.5. The van der Waals surface area contributed by atoms with Crippen molar-refractivity contribution in [2.75, 3.05) is 0 Å². The summed E-state index contributed by atoms with van der Waals surface area (Å²) in [5.41, 5.74) is 0. The molecule has 0 aliphatic rings. The van der Waals surface area contributed by atoms with Crippen LogP contribution >= 0.6 is 0 Å². The van der Waals surface area contributed by atoms with Gasteiger partial charge < -0.3 is 0 Å². The molecule has 0 N–H and O–H groups in total. The summed E-state index contributed by atoms with van der Waals surface area (Å²) < 4.78 is 0. The third-order valence-corrected chi connectivity index (χ3v) is 5.92. The minimum atomic E-state index is 1.19. The SMILES string of the molecule is C=CCCCCCCCC=CCCCCCCCCCCCCCCCCC. The predicted octanol–water partition coefficient (Wildman–Crippen LogP) is 10.7. The Morgan fingerprint density at radius 1 is 0.393 bits per heavy atom. The maximum Gasteiger partial charge on any atom is -0.0351 e. The fourth-order valence-corrected chi connectivity index (χ4v) is 3.95. The van der Waals surface area contributed by atoms with Gasteiger partial charge in [0.1, 0.15) is 0 Å². The van der Waals surface area contributed by atoms with Gasteiger partial charge in [-0.1, -0.05) is 134 Å². The van der Waals surface area contributed by atoms with Crippen LogP contribution in [0.1, 0.15) is 155 Å². The van der Waals surface area contributed by atoms with Crippen molar-refractivity contribution in [3.8, 4) is 0 Å². The van der Waals surface area contributed by atoms with Crippen LogP contribution in [0.4, 0.5) is 0 Å². The minimum absolute atomic E-state index is 1.19. The number of unbranched alkanes of at least 4 members (excludes halogenated alkanes) is 21. The molecule has 0 aromatic rings. The molecular weight excluding hydrogens is 336 g/mol. The van der Waals surface area contributed by atoms with Crippen molar-refractivity contribution in [3.63, 3.8) is 0 Å². The van der Waals surface area contributed by atoms with Gasteiger partial charge in [0.05, 0.1) is 0 Å². The van der Waals surface area contributed by atoms with E-state index in [0.717, 1.165) is 0 Å². The van der Waals surface area contributed by atoms with E-state index < -0.39 is 0 Å². The molecule has 0 atom stereocenters. The summed E-state index contributed by atoms with van der Waals surface area (Å²) in [6.07, 6.45) is 39.4. The molecule has 0 spiro atoms. The van der Waals surface area contributed by atoms with E-state index in [1.165, 1.54) is 148 Å². The van der Waals surface area contributed by atoms with Gasteiger partial charge in [-0.15, -0.1) is 6.58 Å². The lowest BCUT2D eigenvalue weighted by atomic mass is 10.0. The highest BCUT2D eigenvalue weighted by Crippen LogP contribution is 2.14. The first-order valence-corrected chi connectivity index (χ1v) is 13.2. The van der Waals surface area contributed by atoms with Crippen molar-refractivity contribution in [2.24, 2.45) is 0 Å². The van der Waals surface area contributed by atoms with E-state index in [1.54, 1.807) is 0 Å². The van der Waals surface area contributed by atoms with Crippen molar-refractivity contribution in [3.05, 3.63) is 24.8 Å². The van der Waals surface area contributed by atoms with E-state index in [2.05, 4.69) is 25.7 Å². The van der Waals surface area contributed by atoms with Crippen LogP contribution in [0.15, 0.2) is 24.8 Å². The van der Waals surface area contributed by atoms with Gasteiger partial charge in [0.2, 0.25) is 0 Å². The second kappa shape index (κ2) is 26.5. The van der Waals surface area contributed by atoms with Gasteiger partial charge in [-0.2, -0.15) is 0 Å². The summed E-state index contributed by atoms with van der Waals surface area (Å²) in [5, 5.41) is 0. The van der Waals surface area contributed by atoms with Crippen LogP contribution < -0.4 is 0 Å². The number of hydrogen-bond donors (Lipinski definition) is 0. The fourth-order valence-electron chi connectivity index (χ4n) is 3.95. The third kappa shape index (κ3) is 25.5. The van der Waals surface area contributed by atoms with E-state index in [0.29, 0.717) is 0 Å². The summed E-state index contributed by atoms with van der Waals surface area (Å²) >= 11 is 0. The summed E-state index contributed by atoms with van der Waals surface area (Å²) in [5.74, 6) is 0. The largest absolute Gasteiger partial charge is 0.103 e. The highest BCUT2D eigenvalue weighted by Gasteiger charge is 1.94. The average molecular weight is 391 g/mol. The zero-order valence-electron chi connectivity index (χ0n) is 19.7. The maximum atomic E-state index is 3.78. The zero-order valence-corrected chi connectivity index (χ0v) is 19.7. The Morgan fingerprint density at radius 2 is 0.679 bits per heavy atom. The van der Waals surface area contributed by atoms with Gasteiger partial charge >= 0.3 is 0 Å². The van der Waals surface area contributed by atoms with Gasteiger partial charge in [-0.3, -0.25) is 0 Å². The van der Waals surface area contributed by atoms with Gasteiger partial charge in [0, 0.05) is 0 Å². The number of rotatable bonds is 24. The lowest BCUT2D eigenvalue weighted by Gasteiger charge is -2.03. The van der Waals surface area contributed by atoms with Crippen LogP contribution in [-0.2, 0) is 0 Å². The summed E-state index contributed by atoms with van der Waals surface area (Å²) in [6, 6.07) is 0. The van der Waals surface area contributed by atoms with Gasteiger partial charge in [0.25, 0.3) is 0 Å². The van der Waals surface area contributed by atoms with Crippen LogP contribution in [-0.4, -0.2) is 0 Å². The second-order valence-corrected chi connectivity index (χ2v) is 8.84. The molecule has 0 saturated carbocycles. The topological polar surface area (TPSA) is 0 Å². The Kier molecular flexibility index (Phi) is 26.0. The molecule has 0 radical (unpaired) electrons. The summed E-state index contributed by atoms with van der Waals surface area (Å²) in [7, 11) is 0. The molecule has 0 heterocycles. The van der Waals surface area contributed by atoms with Crippen LogP contribution in [0.3, 0.4) is 0 Å². The predicted molar refractivity (Wildman–Crippen MR) is 131 cm³/mol. The van der Waals surface area contributed by atoms with Crippen molar-refractivity contribution >= 4 is 0 Å². The van der Waals surface area contributed by atoms with Crippen LogP contribution in [0.5, 0.6) is 0 Å². The first-order chi connectivity index (χ1) is 13.9. The Labute approximate surface area is 179 Å². The Hall–Kier alpha value is -0.520. The highest BCUT2D eigenvalue weighted by atomic mass is 14.0. The maximum absolute atomic E-state index is 3.78. The molecular formula is C28H54. The van der Waals surface area contributed by atoms with Crippen LogP contribution in [0, 0.1) is 0 Å². The monoisotopic (exact) mass is 390 g/mol. The number of allylic oxidation sites excluding steroid dienone is 3. The standard InChI is InChI=1S/C28H54/c1-3-5-7-9-11-13-15-17-19-21-23-25-27-28-26-24-22-20-18-16-14-12-10-8-6-4-2/h3,19,21H,1,4-18,20,22-28H2,2H3. The van der Waals surface area contributed by atoms with E-state index in [9.17, 15) is 0 Å². The lowest BCUT2D eigenvalue weighted by molar-refractivity contribution is 0.533. The van der Waals surface area contributed by atoms with Crippen LogP contribution in [0.2, 0.25) is 0 Å². The molecule has 0 aromatic carbocycles.